The molecule has 1 atom stereocenters. The van der Waals surface area contributed by atoms with Crippen LogP contribution in [0.15, 0.2) is 0 Å². The van der Waals surface area contributed by atoms with E-state index in [4.69, 9.17) is 4.74 Å². The zero-order chi connectivity index (χ0) is 24.2. The average molecular weight is 458 g/mol. The van der Waals surface area contributed by atoms with Crippen molar-refractivity contribution in [1.82, 2.24) is 14.8 Å². The molecule has 2 amide bonds. The lowest BCUT2D eigenvalue weighted by Gasteiger charge is -2.35. The molecule has 0 radical (unpaired) electrons. The van der Waals surface area contributed by atoms with Crippen molar-refractivity contribution in [3.05, 3.63) is 16.8 Å². The number of nitriles is 1. The van der Waals surface area contributed by atoms with Crippen molar-refractivity contribution in [2.45, 2.75) is 97.2 Å². The van der Waals surface area contributed by atoms with Crippen LogP contribution in [0.1, 0.15) is 88.6 Å². The topological polar surface area (TPSA) is 99.4 Å². The van der Waals surface area contributed by atoms with Gasteiger partial charge in [-0.15, -0.1) is 0 Å². The number of rotatable bonds is 6. The van der Waals surface area contributed by atoms with Gasteiger partial charge in [-0.05, 0) is 72.4 Å². The highest BCUT2D eigenvalue weighted by Gasteiger charge is 2.29. The number of carbonyl (C=O) groups is 2. The fourth-order valence-electron chi connectivity index (χ4n) is 5.08. The van der Waals surface area contributed by atoms with Gasteiger partial charge in [0.15, 0.2) is 0 Å². The van der Waals surface area contributed by atoms with Crippen LogP contribution in [-0.4, -0.2) is 52.7 Å². The van der Waals surface area contributed by atoms with Crippen LogP contribution in [0.5, 0.6) is 0 Å². The minimum atomic E-state index is -0.542. The van der Waals surface area contributed by atoms with Crippen molar-refractivity contribution in [3.63, 3.8) is 0 Å². The van der Waals surface area contributed by atoms with Crippen molar-refractivity contribution in [2.24, 2.45) is 0 Å². The predicted octanol–water partition coefficient (Wildman–Crippen LogP) is 4.41. The molecular weight excluding hydrogens is 418 g/mol. The Morgan fingerprint density at radius 2 is 1.79 bits per heavy atom. The number of anilines is 1. The SMILES string of the molecule is Cc1c(C#N)c(NC(=O)CN2CCCCC2CNC(=O)OC(C)(C)C)n(C2CCCC2)c1C. The molecule has 1 aliphatic carbocycles. The molecule has 3 rings (SSSR count). The van der Waals surface area contributed by atoms with E-state index in [1.165, 1.54) is 12.8 Å². The number of amides is 2. The molecule has 1 saturated heterocycles. The highest BCUT2D eigenvalue weighted by Crippen LogP contribution is 2.37. The highest BCUT2D eigenvalue weighted by atomic mass is 16.6. The molecule has 0 bridgehead atoms. The van der Waals surface area contributed by atoms with Crippen LogP contribution in [0.2, 0.25) is 0 Å². The first kappa shape index (κ1) is 25.1. The lowest BCUT2D eigenvalue weighted by Crippen LogP contribution is -2.49. The van der Waals surface area contributed by atoms with Gasteiger partial charge in [0.05, 0.1) is 12.1 Å². The number of carbonyl (C=O) groups excluding carboxylic acids is 2. The zero-order valence-corrected chi connectivity index (χ0v) is 20.8. The fourth-order valence-corrected chi connectivity index (χ4v) is 5.08. The molecule has 1 unspecified atom stereocenters. The molecule has 8 nitrogen and oxygen atoms in total. The van der Waals surface area contributed by atoms with E-state index in [2.05, 4.69) is 26.2 Å². The van der Waals surface area contributed by atoms with Crippen molar-refractivity contribution in [1.29, 1.82) is 5.26 Å². The monoisotopic (exact) mass is 457 g/mol. The molecule has 2 heterocycles. The number of alkyl carbamates (subject to hydrolysis) is 1. The summed E-state index contributed by atoms with van der Waals surface area (Å²) in [6.07, 6.45) is 7.09. The maximum Gasteiger partial charge on any atom is 0.407 e. The third-order valence-electron chi connectivity index (χ3n) is 6.79. The Bertz CT molecular complexity index is 903. The summed E-state index contributed by atoms with van der Waals surface area (Å²) in [5, 5.41) is 15.7. The van der Waals surface area contributed by atoms with E-state index in [-0.39, 0.29) is 18.5 Å². The van der Waals surface area contributed by atoms with Crippen LogP contribution in [-0.2, 0) is 9.53 Å². The normalized spacial score (nSPS) is 19.8. The van der Waals surface area contributed by atoms with Crippen molar-refractivity contribution in [3.8, 4) is 6.07 Å². The Labute approximate surface area is 197 Å². The number of ether oxygens (including phenoxy) is 1. The van der Waals surface area contributed by atoms with Crippen LogP contribution in [0.25, 0.3) is 0 Å². The first-order valence-corrected chi connectivity index (χ1v) is 12.2. The number of hydrogen-bond acceptors (Lipinski definition) is 5. The molecule has 2 fully saturated rings. The molecule has 0 spiro atoms. The van der Waals surface area contributed by atoms with Crippen LogP contribution < -0.4 is 10.6 Å². The van der Waals surface area contributed by atoms with Crippen LogP contribution in [0, 0.1) is 25.2 Å². The van der Waals surface area contributed by atoms with Gasteiger partial charge in [-0.1, -0.05) is 19.3 Å². The van der Waals surface area contributed by atoms with Crippen molar-refractivity contribution >= 4 is 17.8 Å². The summed E-state index contributed by atoms with van der Waals surface area (Å²) in [4.78, 5) is 27.3. The zero-order valence-electron chi connectivity index (χ0n) is 20.8. The number of hydrogen-bond donors (Lipinski definition) is 2. The van der Waals surface area contributed by atoms with Crippen molar-refractivity contribution < 1.29 is 14.3 Å². The molecule has 1 aromatic heterocycles. The first-order chi connectivity index (χ1) is 15.6. The van der Waals surface area contributed by atoms with Gasteiger partial charge in [0.2, 0.25) is 5.91 Å². The summed E-state index contributed by atoms with van der Waals surface area (Å²) < 4.78 is 7.52. The maximum atomic E-state index is 13.1. The van der Waals surface area contributed by atoms with Gasteiger partial charge in [0.1, 0.15) is 17.5 Å². The number of piperidine rings is 1. The quantitative estimate of drug-likeness (QED) is 0.659. The second-order valence-corrected chi connectivity index (χ2v) is 10.4. The molecule has 182 valence electrons. The Hall–Kier alpha value is -2.53. The first-order valence-electron chi connectivity index (χ1n) is 12.2. The summed E-state index contributed by atoms with van der Waals surface area (Å²) >= 11 is 0. The Morgan fingerprint density at radius 1 is 1.12 bits per heavy atom. The molecule has 1 aliphatic heterocycles. The minimum absolute atomic E-state index is 0.0811. The molecular formula is C25H39N5O3. The number of aromatic nitrogens is 1. The Balaban J connectivity index is 1.67. The molecule has 2 aliphatic rings. The number of nitrogens with one attached hydrogen (secondary N) is 2. The third kappa shape index (κ3) is 6.29. The second-order valence-electron chi connectivity index (χ2n) is 10.4. The van der Waals surface area contributed by atoms with E-state index in [0.29, 0.717) is 24.0 Å². The summed E-state index contributed by atoms with van der Waals surface area (Å²) in [6, 6.07) is 2.72. The summed E-state index contributed by atoms with van der Waals surface area (Å²) in [5.74, 6) is 0.525. The van der Waals surface area contributed by atoms with E-state index >= 15 is 0 Å². The average Bonchev–Trinajstić information content (AvgIpc) is 3.33. The van der Waals surface area contributed by atoms with E-state index < -0.39 is 11.7 Å². The largest absolute Gasteiger partial charge is 0.444 e. The van der Waals surface area contributed by atoms with E-state index in [1.807, 2.05) is 34.6 Å². The number of nitrogens with zero attached hydrogens (tertiary/aromatic N) is 3. The lowest BCUT2D eigenvalue weighted by atomic mass is 10.0. The minimum Gasteiger partial charge on any atom is -0.444 e. The van der Waals surface area contributed by atoms with E-state index in [9.17, 15) is 14.9 Å². The van der Waals surface area contributed by atoms with Gasteiger partial charge in [0, 0.05) is 24.3 Å². The molecule has 0 aromatic carbocycles. The second kappa shape index (κ2) is 10.6. The third-order valence-corrected chi connectivity index (χ3v) is 6.79. The number of likely N-dealkylation sites (tertiary alicyclic amines) is 1. The molecule has 1 aromatic rings. The van der Waals surface area contributed by atoms with Gasteiger partial charge < -0.3 is 19.9 Å². The standard InChI is InChI=1S/C25H39N5O3/c1-17-18(2)30(19-10-6-7-11-19)23(21(17)14-26)28-22(31)16-29-13-9-8-12-20(29)15-27-24(32)33-25(3,4)5/h19-20H,6-13,15-16H2,1-5H3,(H,27,32)(H,28,31). The van der Waals surface area contributed by atoms with Gasteiger partial charge in [-0.3, -0.25) is 9.69 Å². The molecule has 8 heteroatoms. The van der Waals surface area contributed by atoms with E-state index in [1.54, 1.807) is 0 Å². The van der Waals surface area contributed by atoms with Crippen LogP contribution >= 0.6 is 0 Å². The summed E-state index contributed by atoms with van der Waals surface area (Å²) in [6.45, 7) is 11.0. The van der Waals surface area contributed by atoms with E-state index in [0.717, 1.165) is 49.9 Å². The highest BCUT2D eigenvalue weighted by molar-refractivity contribution is 5.93. The summed E-state index contributed by atoms with van der Waals surface area (Å²) in [7, 11) is 0. The Morgan fingerprint density at radius 3 is 2.42 bits per heavy atom. The smallest absolute Gasteiger partial charge is 0.407 e. The molecule has 1 saturated carbocycles. The Kier molecular flexibility index (Phi) is 8.06. The van der Waals surface area contributed by atoms with Gasteiger partial charge in [-0.2, -0.15) is 5.26 Å². The molecule has 2 N–H and O–H groups in total. The summed E-state index contributed by atoms with van der Waals surface area (Å²) in [5.41, 5.74) is 2.02. The van der Waals surface area contributed by atoms with Gasteiger partial charge >= 0.3 is 6.09 Å². The van der Waals surface area contributed by atoms with Crippen LogP contribution in [0.4, 0.5) is 10.6 Å². The van der Waals surface area contributed by atoms with Gasteiger partial charge in [0.25, 0.3) is 0 Å². The lowest BCUT2D eigenvalue weighted by molar-refractivity contribution is -0.118. The molecule has 33 heavy (non-hydrogen) atoms. The van der Waals surface area contributed by atoms with Crippen LogP contribution in [0.3, 0.4) is 0 Å². The maximum absolute atomic E-state index is 13.1. The fraction of sp³-hybridized carbons (Fsp3) is 0.720. The van der Waals surface area contributed by atoms with Crippen molar-refractivity contribution in [2.75, 3.05) is 25.0 Å². The van der Waals surface area contributed by atoms with Gasteiger partial charge in [-0.25, -0.2) is 4.79 Å². The predicted molar refractivity (Wildman–Crippen MR) is 128 cm³/mol.